The highest BCUT2D eigenvalue weighted by atomic mass is 16.5. The Kier molecular flexibility index (Phi) is 2.83. The first-order valence-electron chi connectivity index (χ1n) is 7.88. The van der Waals surface area contributed by atoms with Crippen LogP contribution in [0.2, 0.25) is 0 Å². The van der Waals surface area contributed by atoms with Crippen molar-refractivity contribution < 1.29 is 9.94 Å². The van der Waals surface area contributed by atoms with E-state index in [0.29, 0.717) is 12.0 Å². The Morgan fingerprint density at radius 3 is 3.05 bits per heavy atom. The largest absolute Gasteiger partial charge is 0.496 e. The highest BCUT2D eigenvalue weighted by molar-refractivity contribution is 5.50. The van der Waals surface area contributed by atoms with Gasteiger partial charge in [-0.05, 0) is 43.2 Å². The van der Waals surface area contributed by atoms with Crippen LogP contribution >= 0.6 is 0 Å². The third-order valence-corrected chi connectivity index (χ3v) is 5.99. The number of methoxy groups -OCH3 is 1. The van der Waals surface area contributed by atoms with E-state index >= 15 is 0 Å². The molecule has 108 valence electrons. The highest BCUT2D eigenvalue weighted by Crippen LogP contribution is 2.57. The summed E-state index contributed by atoms with van der Waals surface area (Å²) < 4.78 is 5.70. The number of fused-ring (bicyclic) bond motifs is 1. The summed E-state index contributed by atoms with van der Waals surface area (Å²) in [6, 6.07) is 6.75. The third kappa shape index (κ3) is 1.54. The SMILES string of the molecule is COc1cccc2c1[C@@]13CCCC[C@H]1[C@@H](C2)N(O)CC3. The van der Waals surface area contributed by atoms with Gasteiger partial charge in [0.2, 0.25) is 0 Å². The lowest BCUT2D eigenvalue weighted by atomic mass is 9.52. The fourth-order valence-electron chi connectivity index (χ4n) is 5.22. The van der Waals surface area contributed by atoms with Crippen molar-refractivity contribution in [1.29, 1.82) is 0 Å². The summed E-state index contributed by atoms with van der Waals surface area (Å²) in [6.07, 6.45) is 7.16. The van der Waals surface area contributed by atoms with Crippen molar-refractivity contribution >= 4 is 0 Å². The van der Waals surface area contributed by atoms with Gasteiger partial charge in [-0.25, -0.2) is 0 Å². The molecule has 2 fully saturated rings. The minimum Gasteiger partial charge on any atom is -0.496 e. The van der Waals surface area contributed by atoms with E-state index in [2.05, 4.69) is 18.2 Å². The molecular weight excluding hydrogens is 250 g/mol. The van der Waals surface area contributed by atoms with Crippen molar-refractivity contribution in [3.63, 3.8) is 0 Å². The number of rotatable bonds is 1. The maximum Gasteiger partial charge on any atom is 0.122 e. The lowest BCUT2D eigenvalue weighted by Crippen LogP contribution is -2.60. The molecule has 3 aliphatic rings. The van der Waals surface area contributed by atoms with Crippen LogP contribution in [-0.4, -0.2) is 30.0 Å². The van der Waals surface area contributed by atoms with Crippen LogP contribution in [0, 0.1) is 5.92 Å². The number of hydrogen-bond donors (Lipinski definition) is 1. The van der Waals surface area contributed by atoms with Crippen molar-refractivity contribution in [1.82, 2.24) is 5.06 Å². The molecule has 0 spiro atoms. The van der Waals surface area contributed by atoms with E-state index in [9.17, 15) is 5.21 Å². The molecule has 1 aromatic rings. The smallest absolute Gasteiger partial charge is 0.122 e. The van der Waals surface area contributed by atoms with Crippen LogP contribution < -0.4 is 4.74 Å². The Labute approximate surface area is 120 Å². The fourth-order valence-corrected chi connectivity index (χ4v) is 5.22. The molecule has 1 aromatic carbocycles. The predicted molar refractivity (Wildman–Crippen MR) is 77.2 cm³/mol. The molecule has 2 aliphatic carbocycles. The van der Waals surface area contributed by atoms with Crippen LogP contribution in [0.4, 0.5) is 0 Å². The molecule has 0 unspecified atom stereocenters. The molecule has 1 saturated carbocycles. The van der Waals surface area contributed by atoms with E-state index in [1.54, 1.807) is 12.2 Å². The zero-order chi connectivity index (χ0) is 13.7. The number of hydroxylamine groups is 2. The van der Waals surface area contributed by atoms with Crippen LogP contribution in [0.3, 0.4) is 0 Å². The molecule has 3 atom stereocenters. The first-order valence-corrected chi connectivity index (χ1v) is 7.88. The maximum absolute atomic E-state index is 10.3. The molecule has 20 heavy (non-hydrogen) atoms. The Bertz CT molecular complexity index is 530. The molecule has 1 N–H and O–H groups in total. The highest BCUT2D eigenvalue weighted by Gasteiger charge is 2.54. The first kappa shape index (κ1) is 12.7. The van der Waals surface area contributed by atoms with Gasteiger partial charge in [0.25, 0.3) is 0 Å². The van der Waals surface area contributed by atoms with E-state index in [1.165, 1.54) is 36.8 Å². The summed E-state index contributed by atoms with van der Waals surface area (Å²) in [5.41, 5.74) is 3.12. The summed E-state index contributed by atoms with van der Waals surface area (Å²) in [5, 5.41) is 11.9. The van der Waals surface area contributed by atoms with Crippen LogP contribution in [-0.2, 0) is 11.8 Å². The zero-order valence-electron chi connectivity index (χ0n) is 12.1. The Morgan fingerprint density at radius 1 is 1.30 bits per heavy atom. The average molecular weight is 273 g/mol. The quantitative estimate of drug-likeness (QED) is 0.853. The molecule has 1 heterocycles. The Hall–Kier alpha value is -1.06. The molecule has 1 aliphatic heterocycles. The van der Waals surface area contributed by atoms with Gasteiger partial charge in [-0.1, -0.05) is 25.0 Å². The minimum atomic E-state index is 0.252. The molecule has 0 radical (unpaired) electrons. The van der Waals surface area contributed by atoms with Gasteiger partial charge in [-0.3, -0.25) is 0 Å². The number of ether oxygens (including phenoxy) is 1. The summed E-state index contributed by atoms with van der Waals surface area (Å²) in [5.74, 6) is 1.66. The van der Waals surface area contributed by atoms with Gasteiger partial charge in [-0.15, -0.1) is 0 Å². The van der Waals surface area contributed by atoms with Crippen molar-refractivity contribution in [3.8, 4) is 5.75 Å². The summed E-state index contributed by atoms with van der Waals surface area (Å²) in [6.45, 7) is 0.804. The van der Waals surface area contributed by atoms with E-state index in [0.717, 1.165) is 25.1 Å². The van der Waals surface area contributed by atoms with E-state index < -0.39 is 0 Å². The monoisotopic (exact) mass is 273 g/mol. The molecular formula is C17H23NO2. The normalized spacial score (nSPS) is 36.1. The summed E-state index contributed by atoms with van der Waals surface area (Å²) in [7, 11) is 1.79. The van der Waals surface area contributed by atoms with Gasteiger partial charge in [0.15, 0.2) is 0 Å². The first-order chi connectivity index (χ1) is 9.76. The number of benzene rings is 1. The fraction of sp³-hybridized carbons (Fsp3) is 0.647. The zero-order valence-corrected chi connectivity index (χ0v) is 12.1. The molecule has 0 amide bonds. The standard InChI is InChI=1S/C17H23NO2/c1-20-15-7-4-5-12-11-14-13-6-2-3-8-17(13,16(12)15)9-10-18(14)19/h4-5,7,13-14,19H,2-3,6,8-11H2,1H3/t13-,14+,17+/m0/s1. The van der Waals surface area contributed by atoms with Crippen LogP contribution in [0.5, 0.6) is 5.75 Å². The second-order valence-corrected chi connectivity index (χ2v) is 6.69. The second kappa shape index (κ2) is 4.47. The van der Waals surface area contributed by atoms with Gasteiger partial charge < -0.3 is 9.94 Å². The molecule has 2 bridgehead atoms. The van der Waals surface area contributed by atoms with Crippen molar-refractivity contribution in [2.45, 2.75) is 50.0 Å². The summed E-state index contributed by atoms with van der Waals surface area (Å²) >= 11 is 0. The van der Waals surface area contributed by atoms with Crippen molar-refractivity contribution in [2.75, 3.05) is 13.7 Å². The number of nitrogens with zero attached hydrogens (tertiary/aromatic N) is 1. The second-order valence-electron chi connectivity index (χ2n) is 6.69. The molecule has 3 heteroatoms. The van der Waals surface area contributed by atoms with Crippen molar-refractivity contribution in [2.24, 2.45) is 5.92 Å². The van der Waals surface area contributed by atoms with Crippen LogP contribution in [0.15, 0.2) is 18.2 Å². The van der Waals surface area contributed by atoms with Gasteiger partial charge in [0.1, 0.15) is 5.75 Å². The summed E-state index contributed by atoms with van der Waals surface area (Å²) in [4.78, 5) is 0. The predicted octanol–water partition coefficient (Wildman–Crippen LogP) is 3.14. The molecule has 3 nitrogen and oxygen atoms in total. The van der Waals surface area contributed by atoms with Gasteiger partial charge in [-0.2, -0.15) is 5.06 Å². The third-order valence-electron chi connectivity index (χ3n) is 5.99. The Morgan fingerprint density at radius 2 is 2.20 bits per heavy atom. The topological polar surface area (TPSA) is 32.7 Å². The molecule has 0 aromatic heterocycles. The maximum atomic E-state index is 10.3. The minimum absolute atomic E-state index is 0.252. The van der Waals surface area contributed by atoms with Crippen LogP contribution in [0.1, 0.15) is 43.2 Å². The molecule has 4 rings (SSSR count). The van der Waals surface area contributed by atoms with Gasteiger partial charge in [0.05, 0.1) is 7.11 Å². The number of piperidine rings is 1. The van der Waals surface area contributed by atoms with E-state index in [1.807, 2.05) is 0 Å². The van der Waals surface area contributed by atoms with Gasteiger partial charge in [0, 0.05) is 23.6 Å². The average Bonchev–Trinajstić information content (AvgIpc) is 2.50. The number of hydrogen-bond acceptors (Lipinski definition) is 3. The van der Waals surface area contributed by atoms with Gasteiger partial charge >= 0.3 is 0 Å². The molecule has 1 saturated heterocycles. The Balaban J connectivity index is 1.93. The van der Waals surface area contributed by atoms with Crippen LogP contribution in [0.25, 0.3) is 0 Å². The van der Waals surface area contributed by atoms with E-state index in [-0.39, 0.29) is 5.41 Å². The lowest BCUT2D eigenvalue weighted by molar-refractivity contribution is -0.187. The lowest BCUT2D eigenvalue weighted by Gasteiger charge is -2.57. The van der Waals surface area contributed by atoms with Crippen molar-refractivity contribution in [3.05, 3.63) is 29.3 Å². The van der Waals surface area contributed by atoms with E-state index in [4.69, 9.17) is 4.74 Å².